The molecule has 4 aliphatic carbocycles. The fourth-order valence-corrected chi connectivity index (χ4v) is 6.91. The highest BCUT2D eigenvalue weighted by Gasteiger charge is 2.64. The molecule has 3 nitrogen and oxygen atoms in total. The second-order valence-electron chi connectivity index (χ2n) is 9.43. The van der Waals surface area contributed by atoms with Gasteiger partial charge in [-0.25, -0.2) is 4.39 Å². The van der Waals surface area contributed by atoms with E-state index in [4.69, 9.17) is 4.74 Å². The van der Waals surface area contributed by atoms with Gasteiger partial charge >= 0.3 is 0 Å². The molecule has 0 saturated heterocycles. The van der Waals surface area contributed by atoms with Crippen LogP contribution in [-0.4, -0.2) is 24.8 Å². The maximum absolute atomic E-state index is 14.5. The summed E-state index contributed by atoms with van der Waals surface area (Å²) < 4.78 is 20.0. The molecule has 0 heterocycles. The van der Waals surface area contributed by atoms with Crippen LogP contribution in [0.3, 0.4) is 0 Å². The van der Waals surface area contributed by atoms with E-state index in [1.54, 1.807) is 13.2 Å². The van der Waals surface area contributed by atoms with Gasteiger partial charge in [-0.3, -0.25) is 9.59 Å². The van der Waals surface area contributed by atoms with Crippen molar-refractivity contribution in [1.82, 2.24) is 0 Å². The van der Waals surface area contributed by atoms with E-state index in [1.165, 1.54) is 0 Å². The van der Waals surface area contributed by atoms with Crippen LogP contribution in [0, 0.1) is 34.5 Å². The highest BCUT2D eigenvalue weighted by molar-refractivity contribution is 6.06. The van der Waals surface area contributed by atoms with Gasteiger partial charge in [0.1, 0.15) is 0 Å². The molecule has 146 valence electrons. The molecule has 0 aromatic rings. The first-order valence-corrected chi connectivity index (χ1v) is 9.98. The number of hydrogen-bond acceptors (Lipinski definition) is 3. The summed E-state index contributed by atoms with van der Waals surface area (Å²) in [5.41, 5.74) is 1.94. The molecule has 0 radical (unpaired) electrons. The topological polar surface area (TPSA) is 43.4 Å². The van der Waals surface area contributed by atoms with Crippen LogP contribution in [0.5, 0.6) is 0 Å². The van der Waals surface area contributed by atoms with Crippen LogP contribution in [0.15, 0.2) is 35.1 Å². The average molecular weight is 372 g/mol. The second kappa shape index (κ2) is 5.65. The molecule has 0 N–H and O–H groups in total. The molecule has 27 heavy (non-hydrogen) atoms. The highest BCUT2D eigenvalue weighted by atomic mass is 19.1. The van der Waals surface area contributed by atoms with Gasteiger partial charge in [-0.1, -0.05) is 32.9 Å². The van der Waals surface area contributed by atoms with Gasteiger partial charge in [0.2, 0.25) is 5.78 Å². The van der Waals surface area contributed by atoms with Crippen LogP contribution in [0.25, 0.3) is 0 Å². The van der Waals surface area contributed by atoms with Crippen molar-refractivity contribution in [2.45, 2.75) is 53.1 Å². The van der Waals surface area contributed by atoms with E-state index in [1.807, 2.05) is 13.8 Å². The van der Waals surface area contributed by atoms with Crippen LogP contribution >= 0.6 is 0 Å². The second-order valence-corrected chi connectivity index (χ2v) is 9.43. The largest absolute Gasteiger partial charge is 0.492 e. The maximum atomic E-state index is 14.5. The Morgan fingerprint density at radius 1 is 1.26 bits per heavy atom. The lowest BCUT2D eigenvalue weighted by molar-refractivity contribution is -0.135. The standard InChI is InChI=1S/C23H29FO3/c1-11-9-17(25)20(27-6)19-13(3)12(2)18-14(23(11,19)5)7-8-22(4)15(18)10-16(24)21(22)26/h9,12,14-16,18H,3,7-8,10H2,1-2,4-6H3/t12-,14+,15+,16?,18-,22+,23-/m1/s1. The minimum Gasteiger partial charge on any atom is -0.492 e. The van der Waals surface area contributed by atoms with Gasteiger partial charge in [-0.05, 0) is 61.5 Å². The number of allylic oxidation sites excluding steroid dienone is 4. The van der Waals surface area contributed by atoms with Gasteiger partial charge in [-0.15, -0.1) is 0 Å². The fraction of sp³-hybridized carbons (Fsp3) is 0.652. The average Bonchev–Trinajstić information content (AvgIpc) is 2.85. The van der Waals surface area contributed by atoms with Gasteiger partial charge in [-0.2, -0.15) is 0 Å². The summed E-state index contributed by atoms with van der Waals surface area (Å²) in [6.07, 6.45) is 2.23. The van der Waals surface area contributed by atoms with E-state index in [0.29, 0.717) is 18.6 Å². The van der Waals surface area contributed by atoms with Crippen molar-refractivity contribution in [3.05, 3.63) is 35.1 Å². The summed E-state index contributed by atoms with van der Waals surface area (Å²) in [5.74, 6) is 0.638. The van der Waals surface area contributed by atoms with Crippen molar-refractivity contribution in [1.29, 1.82) is 0 Å². The third kappa shape index (κ3) is 2.07. The van der Waals surface area contributed by atoms with Gasteiger partial charge < -0.3 is 4.74 Å². The predicted octanol–water partition coefficient (Wildman–Crippen LogP) is 4.59. The van der Waals surface area contributed by atoms with Gasteiger partial charge in [0.05, 0.1) is 7.11 Å². The molecule has 3 fully saturated rings. The molecule has 0 spiro atoms. The number of carbonyl (C=O) groups excluding carboxylic acids is 2. The lowest BCUT2D eigenvalue weighted by atomic mass is 9.44. The number of ether oxygens (including phenoxy) is 1. The number of fused-ring (bicyclic) bond motifs is 5. The Labute approximate surface area is 160 Å². The summed E-state index contributed by atoms with van der Waals surface area (Å²) in [6, 6.07) is 0. The zero-order valence-electron chi connectivity index (χ0n) is 16.9. The SMILES string of the molecule is C=C1C2=C(OC)C(=O)C=C(C)[C@]2(C)[C@H]2CC[C@]3(C)C(=O)C(F)C[C@H]3[C@@H]2[C@@H]1C. The minimum atomic E-state index is -1.34. The number of methoxy groups -OCH3 is 1. The molecule has 0 aromatic carbocycles. The molecule has 0 bridgehead atoms. The zero-order valence-corrected chi connectivity index (χ0v) is 16.9. The lowest BCUT2D eigenvalue weighted by Gasteiger charge is -2.59. The maximum Gasteiger partial charge on any atom is 0.220 e. The Morgan fingerprint density at radius 3 is 2.56 bits per heavy atom. The third-order valence-corrected chi connectivity index (χ3v) is 8.56. The van der Waals surface area contributed by atoms with Crippen molar-refractivity contribution < 1.29 is 18.7 Å². The highest BCUT2D eigenvalue weighted by Crippen LogP contribution is 2.67. The van der Waals surface area contributed by atoms with Crippen LogP contribution < -0.4 is 0 Å². The number of rotatable bonds is 1. The van der Waals surface area contributed by atoms with Gasteiger partial charge in [0, 0.05) is 16.4 Å². The predicted molar refractivity (Wildman–Crippen MR) is 102 cm³/mol. The Kier molecular flexibility index (Phi) is 3.90. The number of halogens is 1. The summed E-state index contributed by atoms with van der Waals surface area (Å²) in [4.78, 5) is 25.2. The van der Waals surface area contributed by atoms with Crippen LogP contribution in [0.1, 0.15) is 47.0 Å². The van der Waals surface area contributed by atoms with E-state index < -0.39 is 11.6 Å². The molecule has 3 saturated carbocycles. The van der Waals surface area contributed by atoms with E-state index in [9.17, 15) is 14.0 Å². The molecule has 0 aromatic heterocycles. The number of carbonyl (C=O) groups is 2. The summed E-state index contributed by atoms with van der Waals surface area (Å²) in [6.45, 7) is 12.6. The molecule has 4 aliphatic rings. The first-order valence-electron chi connectivity index (χ1n) is 9.98. The quantitative estimate of drug-likeness (QED) is 0.676. The molecule has 7 atom stereocenters. The van der Waals surface area contributed by atoms with Gasteiger partial charge in [0.25, 0.3) is 0 Å². The number of Topliss-reactive ketones (excluding diaryl/α,β-unsaturated/α-hetero) is 1. The molecule has 4 rings (SSSR count). The summed E-state index contributed by atoms with van der Waals surface area (Å²) >= 11 is 0. The third-order valence-electron chi connectivity index (χ3n) is 8.56. The van der Waals surface area contributed by atoms with Crippen molar-refractivity contribution >= 4 is 11.6 Å². The Hall–Kier alpha value is -1.71. The van der Waals surface area contributed by atoms with E-state index in [2.05, 4.69) is 20.4 Å². The summed E-state index contributed by atoms with van der Waals surface area (Å²) in [5, 5.41) is 0. The fourth-order valence-electron chi connectivity index (χ4n) is 6.91. The molecular formula is C23H29FO3. The zero-order chi connectivity index (χ0) is 19.9. The Morgan fingerprint density at radius 2 is 1.93 bits per heavy atom. The normalized spacial score (nSPS) is 46.7. The Balaban J connectivity index is 1.90. The molecular weight excluding hydrogens is 343 g/mol. The van der Waals surface area contributed by atoms with Crippen molar-refractivity contribution in [3.63, 3.8) is 0 Å². The minimum absolute atomic E-state index is 0.0281. The van der Waals surface area contributed by atoms with Crippen molar-refractivity contribution in [2.75, 3.05) is 7.11 Å². The monoisotopic (exact) mass is 372 g/mol. The lowest BCUT2D eigenvalue weighted by Crippen LogP contribution is -2.54. The van der Waals surface area contributed by atoms with Crippen LogP contribution in [0.2, 0.25) is 0 Å². The number of ketones is 2. The van der Waals surface area contributed by atoms with E-state index in [0.717, 1.165) is 23.1 Å². The Bertz CT molecular complexity index is 821. The van der Waals surface area contributed by atoms with Crippen LogP contribution in [0.4, 0.5) is 4.39 Å². The molecule has 1 unspecified atom stereocenters. The first-order chi connectivity index (χ1) is 12.6. The van der Waals surface area contributed by atoms with Crippen molar-refractivity contribution in [3.8, 4) is 0 Å². The molecule has 4 heteroatoms. The van der Waals surface area contributed by atoms with Gasteiger partial charge in [0.15, 0.2) is 17.7 Å². The van der Waals surface area contributed by atoms with E-state index >= 15 is 0 Å². The summed E-state index contributed by atoms with van der Waals surface area (Å²) in [7, 11) is 1.54. The van der Waals surface area contributed by atoms with Crippen molar-refractivity contribution in [2.24, 2.45) is 34.5 Å². The number of hydrogen-bond donors (Lipinski definition) is 0. The van der Waals surface area contributed by atoms with E-state index in [-0.39, 0.29) is 40.7 Å². The molecule has 0 amide bonds. The van der Waals surface area contributed by atoms with Crippen LogP contribution in [-0.2, 0) is 14.3 Å². The number of alkyl halides is 1. The first kappa shape index (κ1) is 18.6. The molecule has 0 aliphatic heterocycles. The smallest absolute Gasteiger partial charge is 0.220 e.